The molecule has 0 atom stereocenters. The molecule has 4 heteroatoms. The molecule has 1 amide bonds. The Balaban J connectivity index is 1.50. The molecule has 0 saturated heterocycles. The lowest BCUT2D eigenvalue weighted by Crippen LogP contribution is -2.36. The molecule has 2 aromatic rings. The van der Waals surface area contributed by atoms with Crippen molar-refractivity contribution in [3.05, 3.63) is 43.1 Å². The van der Waals surface area contributed by atoms with Crippen LogP contribution < -0.4 is 10.6 Å². The number of amides is 1. The van der Waals surface area contributed by atoms with Crippen LogP contribution in [0.1, 0.15) is 32.1 Å². The van der Waals surface area contributed by atoms with Crippen LogP contribution >= 0.6 is 0 Å². The SMILES string of the molecule is C=CCCNC1CCC(C(=O)Nc2ccc3[nH]ccc3c2)CC1. The third-order valence-electron chi connectivity index (χ3n) is 4.70. The second-order valence-corrected chi connectivity index (χ2v) is 6.35. The maximum atomic E-state index is 12.5. The highest BCUT2D eigenvalue weighted by Gasteiger charge is 2.25. The van der Waals surface area contributed by atoms with E-state index in [9.17, 15) is 4.79 Å². The highest BCUT2D eigenvalue weighted by Crippen LogP contribution is 2.26. The molecule has 4 nitrogen and oxygen atoms in total. The molecule has 1 saturated carbocycles. The summed E-state index contributed by atoms with van der Waals surface area (Å²) < 4.78 is 0. The average molecular weight is 311 g/mol. The molecule has 122 valence electrons. The molecule has 3 N–H and O–H groups in total. The number of aromatic amines is 1. The Morgan fingerprint density at radius 3 is 2.87 bits per heavy atom. The van der Waals surface area contributed by atoms with Crippen LogP contribution in [0, 0.1) is 5.92 Å². The van der Waals surface area contributed by atoms with E-state index in [1.54, 1.807) is 0 Å². The summed E-state index contributed by atoms with van der Waals surface area (Å²) in [5, 5.41) is 7.74. The fourth-order valence-corrected chi connectivity index (χ4v) is 3.32. The van der Waals surface area contributed by atoms with E-state index in [4.69, 9.17) is 0 Å². The Bertz CT molecular complexity index is 668. The Labute approximate surface area is 137 Å². The van der Waals surface area contributed by atoms with Crippen LogP contribution in [0.15, 0.2) is 43.1 Å². The number of benzene rings is 1. The van der Waals surface area contributed by atoms with Crippen molar-refractivity contribution in [2.24, 2.45) is 5.92 Å². The molecule has 0 unspecified atom stereocenters. The van der Waals surface area contributed by atoms with Crippen molar-refractivity contribution < 1.29 is 4.79 Å². The summed E-state index contributed by atoms with van der Waals surface area (Å²) in [5.41, 5.74) is 1.97. The van der Waals surface area contributed by atoms with Crippen molar-refractivity contribution in [2.75, 3.05) is 11.9 Å². The second kappa shape index (κ2) is 7.47. The molecule has 1 heterocycles. The van der Waals surface area contributed by atoms with Gasteiger partial charge in [0.1, 0.15) is 0 Å². The smallest absolute Gasteiger partial charge is 0.227 e. The Morgan fingerprint density at radius 1 is 1.26 bits per heavy atom. The van der Waals surface area contributed by atoms with Crippen molar-refractivity contribution in [2.45, 2.75) is 38.1 Å². The molecule has 0 bridgehead atoms. The zero-order valence-corrected chi connectivity index (χ0v) is 13.5. The van der Waals surface area contributed by atoms with E-state index in [2.05, 4.69) is 22.2 Å². The first kappa shape index (κ1) is 15.8. The topological polar surface area (TPSA) is 56.9 Å². The summed E-state index contributed by atoms with van der Waals surface area (Å²) in [6, 6.07) is 8.55. The van der Waals surface area contributed by atoms with Gasteiger partial charge >= 0.3 is 0 Å². The predicted octanol–water partition coefficient (Wildman–Crippen LogP) is 3.83. The molecule has 0 aliphatic heterocycles. The van der Waals surface area contributed by atoms with E-state index in [1.165, 1.54) is 0 Å². The molecule has 1 fully saturated rings. The molecular formula is C19H25N3O. The van der Waals surface area contributed by atoms with Crippen molar-refractivity contribution in [3.8, 4) is 0 Å². The molecule has 0 radical (unpaired) electrons. The summed E-state index contributed by atoms with van der Waals surface area (Å²) in [7, 11) is 0. The number of anilines is 1. The van der Waals surface area contributed by atoms with E-state index >= 15 is 0 Å². The first-order valence-corrected chi connectivity index (χ1v) is 8.48. The van der Waals surface area contributed by atoms with Gasteiger partial charge in [0, 0.05) is 34.7 Å². The number of nitrogens with one attached hydrogen (secondary N) is 3. The lowest BCUT2D eigenvalue weighted by Gasteiger charge is -2.28. The van der Waals surface area contributed by atoms with Gasteiger partial charge in [-0.1, -0.05) is 6.08 Å². The van der Waals surface area contributed by atoms with Gasteiger partial charge in [-0.25, -0.2) is 0 Å². The molecule has 23 heavy (non-hydrogen) atoms. The van der Waals surface area contributed by atoms with Crippen LogP contribution in [0.3, 0.4) is 0 Å². The van der Waals surface area contributed by atoms with Crippen LogP contribution in [0.25, 0.3) is 10.9 Å². The average Bonchev–Trinajstić information content (AvgIpc) is 3.03. The third-order valence-corrected chi connectivity index (χ3v) is 4.70. The van der Waals surface area contributed by atoms with Gasteiger partial charge in [0.25, 0.3) is 0 Å². The number of hydrogen-bond acceptors (Lipinski definition) is 2. The standard InChI is InChI=1S/C19H25N3O/c1-2-3-11-20-16-6-4-14(5-7-16)19(23)22-17-8-9-18-15(13-17)10-12-21-18/h2,8-10,12-14,16,20-21H,1,3-7,11H2,(H,22,23). The third kappa shape index (κ3) is 4.02. The number of carbonyl (C=O) groups is 1. The number of rotatable bonds is 6. The number of aromatic nitrogens is 1. The van der Waals surface area contributed by atoms with Gasteiger partial charge in [-0.3, -0.25) is 4.79 Å². The summed E-state index contributed by atoms with van der Waals surface area (Å²) in [6.45, 7) is 4.73. The minimum Gasteiger partial charge on any atom is -0.361 e. The first-order chi connectivity index (χ1) is 11.3. The van der Waals surface area contributed by atoms with Crippen molar-refractivity contribution in [1.29, 1.82) is 0 Å². The lowest BCUT2D eigenvalue weighted by molar-refractivity contribution is -0.120. The highest BCUT2D eigenvalue weighted by atomic mass is 16.1. The van der Waals surface area contributed by atoms with Crippen LogP contribution in [0.2, 0.25) is 0 Å². The highest BCUT2D eigenvalue weighted by molar-refractivity contribution is 5.95. The van der Waals surface area contributed by atoms with Crippen molar-refractivity contribution in [1.82, 2.24) is 10.3 Å². The number of H-pyrrole nitrogens is 1. The molecule has 3 rings (SSSR count). The van der Waals surface area contributed by atoms with E-state index in [0.29, 0.717) is 6.04 Å². The van der Waals surface area contributed by atoms with Gasteiger partial charge in [-0.2, -0.15) is 0 Å². The van der Waals surface area contributed by atoms with Gasteiger partial charge < -0.3 is 15.6 Å². The van der Waals surface area contributed by atoms with Crippen LogP contribution in [0.5, 0.6) is 0 Å². The lowest BCUT2D eigenvalue weighted by atomic mass is 9.85. The summed E-state index contributed by atoms with van der Waals surface area (Å²) in [5.74, 6) is 0.291. The summed E-state index contributed by atoms with van der Waals surface area (Å²) in [4.78, 5) is 15.6. The quantitative estimate of drug-likeness (QED) is 0.561. The van der Waals surface area contributed by atoms with Gasteiger partial charge in [0.05, 0.1) is 0 Å². The fourth-order valence-electron chi connectivity index (χ4n) is 3.32. The fraction of sp³-hybridized carbons (Fsp3) is 0.421. The Hall–Kier alpha value is -2.07. The first-order valence-electron chi connectivity index (χ1n) is 8.48. The van der Waals surface area contributed by atoms with E-state index in [-0.39, 0.29) is 11.8 Å². The molecular weight excluding hydrogens is 286 g/mol. The molecule has 1 aliphatic rings. The monoisotopic (exact) mass is 311 g/mol. The van der Waals surface area contributed by atoms with E-state index in [0.717, 1.165) is 55.2 Å². The molecule has 1 aliphatic carbocycles. The zero-order valence-electron chi connectivity index (χ0n) is 13.5. The largest absolute Gasteiger partial charge is 0.361 e. The van der Waals surface area contributed by atoms with Gasteiger partial charge in [-0.15, -0.1) is 6.58 Å². The zero-order chi connectivity index (χ0) is 16.1. The second-order valence-electron chi connectivity index (χ2n) is 6.35. The van der Waals surface area contributed by atoms with E-state index < -0.39 is 0 Å². The Kier molecular flexibility index (Phi) is 5.13. The van der Waals surface area contributed by atoms with Crippen molar-refractivity contribution >= 4 is 22.5 Å². The van der Waals surface area contributed by atoms with Crippen LogP contribution in [-0.2, 0) is 4.79 Å². The number of carbonyl (C=O) groups excluding carboxylic acids is 1. The maximum absolute atomic E-state index is 12.5. The molecule has 1 aromatic heterocycles. The predicted molar refractivity (Wildman–Crippen MR) is 95.5 cm³/mol. The summed E-state index contributed by atoms with van der Waals surface area (Å²) >= 11 is 0. The van der Waals surface area contributed by atoms with Gasteiger partial charge in [0.2, 0.25) is 5.91 Å². The molecule has 1 aromatic carbocycles. The summed E-state index contributed by atoms with van der Waals surface area (Å²) in [6.07, 6.45) is 8.93. The maximum Gasteiger partial charge on any atom is 0.227 e. The normalized spacial score (nSPS) is 21.2. The minimum atomic E-state index is 0.134. The molecule has 0 spiro atoms. The van der Waals surface area contributed by atoms with Gasteiger partial charge in [0.15, 0.2) is 0 Å². The minimum absolute atomic E-state index is 0.134. The number of fused-ring (bicyclic) bond motifs is 1. The van der Waals surface area contributed by atoms with E-state index in [1.807, 2.05) is 36.5 Å². The van der Waals surface area contributed by atoms with Crippen molar-refractivity contribution in [3.63, 3.8) is 0 Å². The van der Waals surface area contributed by atoms with Gasteiger partial charge in [-0.05, 0) is 62.9 Å². The number of hydrogen-bond donors (Lipinski definition) is 3. The van der Waals surface area contributed by atoms with Crippen LogP contribution in [-0.4, -0.2) is 23.5 Å². The van der Waals surface area contributed by atoms with Crippen LogP contribution in [0.4, 0.5) is 5.69 Å². The Morgan fingerprint density at radius 2 is 2.09 bits per heavy atom.